The molecule has 53 heavy (non-hydrogen) atoms. The van der Waals surface area contributed by atoms with Crippen LogP contribution in [-0.2, 0) is 35.2 Å². The van der Waals surface area contributed by atoms with E-state index in [1.54, 1.807) is 51.0 Å². The van der Waals surface area contributed by atoms with Gasteiger partial charge in [-0.25, -0.2) is 4.98 Å². The van der Waals surface area contributed by atoms with E-state index >= 15 is 0 Å². The number of piperidine rings is 1. The van der Waals surface area contributed by atoms with E-state index in [4.69, 9.17) is 23.7 Å². The van der Waals surface area contributed by atoms with Crippen LogP contribution in [0.25, 0.3) is 0 Å². The number of hydrogen-bond donors (Lipinski definition) is 3. The maximum Gasteiger partial charge on any atom is 0.250 e. The molecule has 2 aromatic carbocycles. The molecule has 3 atom stereocenters. The predicted molar refractivity (Wildman–Crippen MR) is 200 cm³/mol. The van der Waals surface area contributed by atoms with E-state index < -0.39 is 41.5 Å². The Hall–Kier alpha value is -4.50. The number of carbonyl (C=O) groups excluding carboxylic acids is 3. The molecular formula is C39H56N6O8. The number of amides is 3. The highest BCUT2D eigenvalue weighted by Gasteiger charge is 2.36. The van der Waals surface area contributed by atoms with Crippen LogP contribution in [0.1, 0.15) is 71.6 Å². The largest absolute Gasteiger partial charge is 0.493 e. The summed E-state index contributed by atoms with van der Waals surface area (Å²) in [4.78, 5) is 48.0. The molecule has 3 aromatic rings. The van der Waals surface area contributed by atoms with Crippen LogP contribution in [0.2, 0.25) is 0 Å². The van der Waals surface area contributed by atoms with E-state index in [0.717, 1.165) is 18.4 Å². The minimum Gasteiger partial charge on any atom is -0.493 e. The summed E-state index contributed by atoms with van der Waals surface area (Å²) in [7, 11) is 4.57. The molecule has 14 nitrogen and oxygen atoms in total. The minimum atomic E-state index is -1.22. The number of hydrogen-bond acceptors (Lipinski definition) is 10. The molecule has 2 heterocycles. The molecule has 1 aliphatic rings. The smallest absolute Gasteiger partial charge is 0.250 e. The van der Waals surface area contributed by atoms with Crippen molar-refractivity contribution in [2.45, 2.75) is 90.6 Å². The number of likely N-dealkylation sites (tertiary alicyclic amines) is 1. The van der Waals surface area contributed by atoms with Gasteiger partial charge in [-0.3, -0.25) is 19.7 Å². The fraction of sp³-hybridized carbons (Fsp3) is 0.538. The number of nitrogens with zero attached hydrogens (tertiary/aromatic N) is 3. The van der Waals surface area contributed by atoms with E-state index in [9.17, 15) is 14.4 Å². The molecule has 1 fully saturated rings. The molecule has 1 aromatic heterocycles. The van der Waals surface area contributed by atoms with Gasteiger partial charge >= 0.3 is 0 Å². The van der Waals surface area contributed by atoms with Gasteiger partial charge < -0.3 is 43.8 Å². The van der Waals surface area contributed by atoms with Crippen LogP contribution in [0, 0.1) is 5.92 Å². The van der Waals surface area contributed by atoms with E-state index in [0.29, 0.717) is 36.1 Å². The van der Waals surface area contributed by atoms with Crippen molar-refractivity contribution in [1.29, 1.82) is 0 Å². The molecule has 4 rings (SSSR count). The summed E-state index contributed by atoms with van der Waals surface area (Å²) < 4.78 is 29.9. The van der Waals surface area contributed by atoms with Gasteiger partial charge in [0, 0.05) is 26.4 Å². The average molecular weight is 737 g/mol. The number of nitrogens with one attached hydrogen (secondary N) is 3. The van der Waals surface area contributed by atoms with Crippen molar-refractivity contribution in [3.63, 3.8) is 0 Å². The van der Waals surface area contributed by atoms with Crippen LogP contribution in [-0.4, -0.2) is 96.8 Å². The van der Waals surface area contributed by atoms with Crippen molar-refractivity contribution in [3.05, 3.63) is 72.2 Å². The van der Waals surface area contributed by atoms with Gasteiger partial charge in [0.25, 0.3) is 5.91 Å². The number of methoxy groups -OCH3 is 3. The quantitative estimate of drug-likeness (QED) is 0.169. The minimum absolute atomic E-state index is 0.0987. The first kappa shape index (κ1) is 41.3. The van der Waals surface area contributed by atoms with Crippen LogP contribution in [0.4, 0.5) is 5.82 Å². The van der Waals surface area contributed by atoms with Gasteiger partial charge in [-0.1, -0.05) is 43.3 Å². The summed E-state index contributed by atoms with van der Waals surface area (Å²) in [6.45, 7) is 12.5. The predicted octanol–water partition coefficient (Wildman–Crippen LogP) is 4.50. The number of rotatable bonds is 17. The Bertz CT molecular complexity index is 1650. The van der Waals surface area contributed by atoms with E-state index in [2.05, 4.69) is 27.9 Å². The third-order valence-electron chi connectivity index (χ3n) is 8.94. The Morgan fingerprint density at radius 2 is 1.62 bits per heavy atom. The number of imidazole rings is 1. The van der Waals surface area contributed by atoms with Gasteiger partial charge in [-0.15, -0.1) is 0 Å². The normalized spacial score (nSPS) is 15.7. The molecule has 1 aliphatic heterocycles. The highest BCUT2D eigenvalue weighted by Crippen LogP contribution is 2.33. The van der Waals surface area contributed by atoms with Gasteiger partial charge in [0.1, 0.15) is 12.1 Å². The highest BCUT2D eigenvalue weighted by molar-refractivity contribution is 5.98. The van der Waals surface area contributed by atoms with Crippen molar-refractivity contribution < 1.29 is 38.1 Å². The summed E-state index contributed by atoms with van der Waals surface area (Å²) in [5.41, 5.74) is -0.187. The van der Waals surface area contributed by atoms with Gasteiger partial charge in [-0.05, 0) is 76.6 Å². The van der Waals surface area contributed by atoms with Crippen molar-refractivity contribution in [2.75, 3.05) is 46.3 Å². The van der Waals surface area contributed by atoms with Gasteiger partial charge in [0.2, 0.25) is 18.2 Å². The van der Waals surface area contributed by atoms with Crippen molar-refractivity contribution in [2.24, 2.45) is 5.92 Å². The third-order valence-corrected chi connectivity index (χ3v) is 8.94. The Balaban J connectivity index is 1.57. The second kappa shape index (κ2) is 18.5. The lowest BCUT2D eigenvalue weighted by Gasteiger charge is -2.34. The standard InChI is InChI=1S/C39H56N6O8/c1-26-17-19-44(20-18-26)35(47)33(28-15-16-30(49-7)31(21-28)50-8)45-22-32(40-25-45)42-34(46)29(24-52-23-27-13-11-10-12-14-27)41-36(48)39(5,6)43-37(51-9)53-38(2,3)4/h10-16,21-22,25-26,29,33,37,43H,17-20,23-24H2,1-9H3,(H,41,48)(H,42,46)/t29-,33?,37?/m1/s1. The molecule has 0 bridgehead atoms. The first-order valence-corrected chi connectivity index (χ1v) is 17.9. The molecule has 3 amide bonds. The Morgan fingerprint density at radius 1 is 0.943 bits per heavy atom. The monoisotopic (exact) mass is 736 g/mol. The van der Waals surface area contributed by atoms with Gasteiger partial charge in [0.15, 0.2) is 17.3 Å². The number of benzene rings is 2. The Morgan fingerprint density at radius 3 is 2.25 bits per heavy atom. The van der Waals surface area contributed by atoms with Crippen LogP contribution >= 0.6 is 0 Å². The highest BCUT2D eigenvalue weighted by atomic mass is 16.7. The van der Waals surface area contributed by atoms with Gasteiger partial charge in [0.05, 0.1) is 44.9 Å². The van der Waals surface area contributed by atoms with Crippen molar-refractivity contribution in [1.82, 2.24) is 25.1 Å². The number of aromatic nitrogens is 2. The Labute approximate surface area is 312 Å². The van der Waals surface area contributed by atoms with Crippen molar-refractivity contribution in [3.8, 4) is 11.5 Å². The Kier molecular flexibility index (Phi) is 14.4. The lowest BCUT2D eigenvalue weighted by Crippen LogP contribution is -2.61. The maximum atomic E-state index is 14.2. The molecule has 1 saturated heterocycles. The zero-order chi connectivity index (χ0) is 38.8. The van der Waals surface area contributed by atoms with Gasteiger partial charge in [-0.2, -0.15) is 0 Å². The topological polar surface area (TPSA) is 155 Å². The van der Waals surface area contributed by atoms with E-state index in [1.165, 1.54) is 13.4 Å². The second-order valence-corrected chi connectivity index (χ2v) is 14.8. The van der Waals surface area contributed by atoms with Crippen LogP contribution in [0.3, 0.4) is 0 Å². The van der Waals surface area contributed by atoms with E-state index in [1.807, 2.05) is 62.1 Å². The first-order chi connectivity index (χ1) is 25.1. The molecule has 3 N–H and O–H groups in total. The summed E-state index contributed by atoms with van der Waals surface area (Å²) in [6.07, 6.45) is 4.05. The maximum absolute atomic E-state index is 14.2. The number of ether oxygens (including phenoxy) is 5. The number of anilines is 1. The zero-order valence-corrected chi connectivity index (χ0v) is 32.4. The van der Waals surface area contributed by atoms with E-state index in [-0.39, 0.29) is 24.9 Å². The fourth-order valence-electron chi connectivity index (χ4n) is 5.83. The van der Waals surface area contributed by atoms with Crippen LogP contribution < -0.4 is 25.4 Å². The summed E-state index contributed by atoms with van der Waals surface area (Å²) >= 11 is 0. The van der Waals surface area contributed by atoms with Crippen LogP contribution in [0.15, 0.2) is 61.1 Å². The number of carbonyl (C=O) groups is 3. The SMILES string of the molecule is COc1ccc(C(C(=O)N2CCC(C)CC2)n2cnc(NC(=O)[C@@H](COCc3ccccc3)NC(=O)C(C)(C)NC(OC)OC(C)(C)C)c2)cc1OC. The zero-order valence-electron chi connectivity index (χ0n) is 32.4. The summed E-state index contributed by atoms with van der Waals surface area (Å²) in [6, 6.07) is 13.0. The molecule has 0 aliphatic carbocycles. The lowest BCUT2D eigenvalue weighted by atomic mass is 9.97. The third kappa shape index (κ3) is 11.7. The van der Waals surface area contributed by atoms with Crippen molar-refractivity contribution >= 4 is 23.5 Å². The first-order valence-electron chi connectivity index (χ1n) is 17.9. The van der Waals surface area contributed by atoms with Crippen LogP contribution in [0.5, 0.6) is 11.5 Å². The summed E-state index contributed by atoms with van der Waals surface area (Å²) in [5, 5.41) is 8.71. The molecule has 0 spiro atoms. The molecule has 290 valence electrons. The molecule has 0 radical (unpaired) electrons. The average Bonchev–Trinajstić information content (AvgIpc) is 3.58. The molecular weight excluding hydrogens is 680 g/mol. The molecule has 2 unspecified atom stereocenters. The second-order valence-electron chi connectivity index (χ2n) is 14.8. The molecule has 14 heteroatoms. The summed E-state index contributed by atoms with van der Waals surface area (Å²) in [5.74, 6) is 0.613. The fourth-order valence-corrected chi connectivity index (χ4v) is 5.83. The lowest BCUT2D eigenvalue weighted by molar-refractivity contribution is -0.206. The molecule has 0 saturated carbocycles.